The first-order valence-electron chi connectivity index (χ1n) is 9.13. The van der Waals surface area contributed by atoms with Crippen molar-refractivity contribution >= 4 is 41.0 Å². The number of aryl methyl sites for hydroxylation is 1. The topological polar surface area (TPSA) is 68.3 Å². The van der Waals surface area contributed by atoms with Gasteiger partial charge in [0.05, 0.1) is 17.6 Å². The van der Waals surface area contributed by atoms with Crippen molar-refractivity contribution in [2.24, 2.45) is 4.99 Å². The maximum absolute atomic E-state index is 12.5. The molecule has 6 nitrogen and oxygen atoms in total. The van der Waals surface area contributed by atoms with Gasteiger partial charge in [0.1, 0.15) is 5.82 Å². The number of halogens is 4. The number of rotatable bonds is 6. The fourth-order valence-corrected chi connectivity index (χ4v) is 3.32. The maximum Gasteiger partial charge on any atom is 0.401 e. The van der Waals surface area contributed by atoms with E-state index >= 15 is 0 Å². The van der Waals surface area contributed by atoms with Crippen LogP contribution in [0.25, 0.3) is 11.0 Å². The average molecular weight is 510 g/mol. The summed E-state index contributed by atoms with van der Waals surface area (Å²) in [6, 6.07) is 7.89. The highest BCUT2D eigenvalue weighted by Crippen LogP contribution is 2.19. The largest absolute Gasteiger partial charge is 0.401 e. The first-order chi connectivity index (χ1) is 12.9. The number of nitrogens with one attached hydrogen (secondary N) is 3. The lowest BCUT2D eigenvalue weighted by atomic mass is 10.2. The van der Waals surface area contributed by atoms with Gasteiger partial charge in [-0.15, -0.1) is 24.0 Å². The fraction of sp³-hybridized carbons (Fsp3) is 0.556. The Hall–Kier alpha value is -1.56. The van der Waals surface area contributed by atoms with Gasteiger partial charge in [-0.25, -0.2) is 4.98 Å². The predicted molar refractivity (Wildman–Crippen MR) is 115 cm³/mol. The van der Waals surface area contributed by atoms with Gasteiger partial charge < -0.3 is 15.6 Å². The summed E-state index contributed by atoms with van der Waals surface area (Å²) in [6.07, 6.45) is -1.80. The van der Waals surface area contributed by atoms with Crippen LogP contribution in [0.2, 0.25) is 0 Å². The van der Waals surface area contributed by atoms with Crippen molar-refractivity contribution in [1.29, 1.82) is 0 Å². The number of hydrogen-bond acceptors (Lipinski definition) is 3. The second-order valence-electron chi connectivity index (χ2n) is 6.78. The molecule has 1 unspecified atom stereocenters. The Morgan fingerprint density at radius 2 is 2.14 bits per heavy atom. The predicted octanol–water partition coefficient (Wildman–Crippen LogP) is 2.92. The van der Waals surface area contributed by atoms with Crippen molar-refractivity contribution in [3.05, 3.63) is 30.1 Å². The number of alkyl halides is 3. The molecule has 1 aromatic heterocycles. The molecular formula is C18H26F3IN6. The fourth-order valence-electron chi connectivity index (χ4n) is 3.32. The highest BCUT2D eigenvalue weighted by atomic mass is 127. The van der Waals surface area contributed by atoms with E-state index in [0.29, 0.717) is 32.0 Å². The van der Waals surface area contributed by atoms with Crippen molar-refractivity contribution in [2.45, 2.75) is 31.5 Å². The number of fused-ring (bicyclic) bond motifs is 1. The smallest absolute Gasteiger partial charge is 0.356 e. The molecule has 3 N–H and O–H groups in total. The Morgan fingerprint density at radius 3 is 2.86 bits per heavy atom. The summed E-state index contributed by atoms with van der Waals surface area (Å²) in [5.74, 6) is 1.57. The molecule has 10 heteroatoms. The minimum Gasteiger partial charge on any atom is -0.356 e. The summed E-state index contributed by atoms with van der Waals surface area (Å²) < 4.78 is 37.4. The maximum atomic E-state index is 12.5. The second-order valence-corrected chi connectivity index (χ2v) is 6.78. The van der Waals surface area contributed by atoms with Crippen LogP contribution in [0, 0.1) is 0 Å². The van der Waals surface area contributed by atoms with Gasteiger partial charge in [-0.1, -0.05) is 12.1 Å². The Kier molecular flexibility index (Phi) is 8.35. The summed E-state index contributed by atoms with van der Waals surface area (Å²) >= 11 is 0. The van der Waals surface area contributed by atoms with Crippen LogP contribution in [-0.2, 0) is 6.42 Å². The van der Waals surface area contributed by atoms with Gasteiger partial charge in [-0.3, -0.25) is 9.89 Å². The molecule has 0 aliphatic carbocycles. The van der Waals surface area contributed by atoms with Crippen LogP contribution >= 0.6 is 24.0 Å². The number of hydrogen-bond donors (Lipinski definition) is 3. The molecule has 1 aliphatic heterocycles. The van der Waals surface area contributed by atoms with Crippen molar-refractivity contribution < 1.29 is 13.2 Å². The van der Waals surface area contributed by atoms with Gasteiger partial charge in [0.2, 0.25) is 0 Å². The van der Waals surface area contributed by atoms with E-state index in [2.05, 4.69) is 25.6 Å². The highest BCUT2D eigenvalue weighted by Gasteiger charge is 2.34. The minimum absolute atomic E-state index is 0. The van der Waals surface area contributed by atoms with E-state index < -0.39 is 12.7 Å². The second kappa shape index (κ2) is 10.3. The summed E-state index contributed by atoms with van der Waals surface area (Å²) in [5, 5.41) is 6.43. The van der Waals surface area contributed by atoms with Crippen LogP contribution in [0.1, 0.15) is 18.7 Å². The first kappa shape index (κ1) is 22.7. The van der Waals surface area contributed by atoms with E-state index in [1.54, 1.807) is 7.05 Å². The quantitative estimate of drug-likeness (QED) is 0.242. The molecule has 1 atom stereocenters. The standard InChI is InChI=1S/C18H25F3N6.HI/c1-22-17(24-13-8-10-27(11-13)12-18(19,20)21)23-9-4-7-16-25-14-5-2-3-6-15(14)26-16;/h2-3,5-6,13H,4,7-12H2,1H3,(H,25,26)(H2,22,23,24);1H. The number of para-hydroxylation sites is 2. The third kappa shape index (κ3) is 6.80. The van der Waals surface area contributed by atoms with Gasteiger partial charge >= 0.3 is 6.18 Å². The lowest BCUT2D eigenvalue weighted by Crippen LogP contribution is -2.45. The van der Waals surface area contributed by atoms with Gasteiger partial charge in [-0.05, 0) is 25.0 Å². The summed E-state index contributed by atoms with van der Waals surface area (Å²) in [5.41, 5.74) is 1.99. The van der Waals surface area contributed by atoms with Crippen molar-refractivity contribution in [1.82, 2.24) is 25.5 Å². The molecule has 0 bridgehead atoms. The SMILES string of the molecule is CN=C(NCCCc1nc2ccccc2[nH]1)NC1CCN(CC(F)(F)F)C1.I. The summed E-state index contributed by atoms with van der Waals surface area (Å²) in [4.78, 5) is 13.4. The number of nitrogens with zero attached hydrogens (tertiary/aromatic N) is 3. The third-order valence-electron chi connectivity index (χ3n) is 4.56. The van der Waals surface area contributed by atoms with Crippen molar-refractivity contribution in [3.63, 3.8) is 0 Å². The highest BCUT2D eigenvalue weighted by molar-refractivity contribution is 14.0. The Bertz CT molecular complexity index is 743. The summed E-state index contributed by atoms with van der Waals surface area (Å²) in [7, 11) is 1.66. The number of benzene rings is 1. The minimum atomic E-state index is -4.15. The number of likely N-dealkylation sites (tertiary alicyclic amines) is 1. The van der Waals surface area contributed by atoms with Crippen LogP contribution in [0.15, 0.2) is 29.3 Å². The van der Waals surface area contributed by atoms with E-state index in [1.807, 2.05) is 24.3 Å². The molecule has 0 amide bonds. The first-order valence-corrected chi connectivity index (χ1v) is 9.13. The Morgan fingerprint density at radius 1 is 1.36 bits per heavy atom. The third-order valence-corrected chi connectivity index (χ3v) is 4.56. The molecule has 0 spiro atoms. The van der Waals surface area contributed by atoms with Gasteiger partial charge in [0.15, 0.2) is 5.96 Å². The number of aromatic amines is 1. The molecule has 1 fully saturated rings. The van der Waals surface area contributed by atoms with Crippen molar-refractivity contribution in [3.8, 4) is 0 Å². The molecule has 1 saturated heterocycles. The lowest BCUT2D eigenvalue weighted by Gasteiger charge is -2.19. The molecule has 3 rings (SSSR count). The van der Waals surface area contributed by atoms with Crippen molar-refractivity contribution in [2.75, 3.05) is 33.2 Å². The molecule has 28 heavy (non-hydrogen) atoms. The molecule has 2 heterocycles. The number of aliphatic imine (C=N–C) groups is 1. The zero-order valence-electron chi connectivity index (χ0n) is 15.7. The zero-order valence-corrected chi connectivity index (χ0v) is 18.1. The molecule has 0 radical (unpaired) electrons. The van der Waals surface area contributed by atoms with E-state index in [0.717, 1.165) is 29.7 Å². The number of guanidine groups is 1. The molecule has 1 aromatic carbocycles. The molecular weight excluding hydrogens is 484 g/mol. The van der Waals surface area contributed by atoms with E-state index in [9.17, 15) is 13.2 Å². The average Bonchev–Trinajstić information content (AvgIpc) is 3.22. The van der Waals surface area contributed by atoms with Crippen LogP contribution < -0.4 is 10.6 Å². The van der Waals surface area contributed by atoms with E-state index in [-0.39, 0.29) is 30.0 Å². The molecule has 2 aromatic rings. The van der Waals surface area contributed by atoms with Crippen LogP contribution in [0.4, 0.5) is 13.2 Å². The van der Waals surface area contributed by atoms with Crippen LogP contribution in [0.5, 0.6) is 0 Å². The Balaban J connectivity index is 0.00000280. The monoisotopic (exact) mass is 510 g/mol. The summed E-state index contributed by atoms with van der Waals surface area (Å²) in [6.45, 7) is 0.670. The number of aromatic nitrogens is 2. The van der Waals surface area contributed by atoms with E-state index in [1.165, 1.54) is 4.90 Å². The van der Waals surface area contributed by atoms with Gasteiger partial charge in [-0.2, -0.15) is 13.2 Å². The normalized spacial score (nSPS) is 18.3. The van der Waals surface area contributed by atoms with Crippen LogP contribution in [-0.4, -0.2) is 66.3 Å². The molecule has 156 valence electrons. The lowest BCUT2D eigenvalue weighted by molar-refractivity contribution is -0.143. The molecule has 1 aliphatic rings. The zero-order chi connectivity index (χ0) is 19.3. The van der Waals surface area contributed by atoms with Crippen LogP contribution in [0.3, 0.4) is 0 Å². The van der Waals surface area contributed by atoms with Gasteiger partial charge in [0.25, 0.3) is 0 Å². The Labute approximate surface area is 179 Å². The number of imidazole rings is 1. The van der Waals surface area contributed by atoms with Gasteiger partial charge in [0, 0.05) is 39.1 Å². The van der Waals surface area contributed by atoms with E-state index in [4.69, 9.17) is 0 Å². The molecule has 0 saturated carbocycles. The number of H-pyrrole nitrogens is 1.